The van der Waals surface area contributed by atoms with Crippen LogP contribution in [0.3, 0.4) is 0 Å². The summed E-state index contributed by atoms with van der Waals surface area (Å²) < 4.78 is 0. The molecule has 0 heterocycles. The normalized spacial score (nSPS) is 28.6. The fourth-order valence-corrected chi connectivity index (χ4v) is 2.09. The van der Waals surface area contributed by atoms with Crippen LogP contribution in [0.4, 0.5) is 0 Å². The molecule has 1 rings (SSSR count). The van der Waals surface area contributed by atoms with Crippen LogP contribution >= 0.6 is 0 Å². The van der Waals surface area contributed by atoms with Crippen LogP contribution in [-0.4, -0.2) is 18.0 Å². The van der Waals surface area contributed by atoms with Gasteiger partial charge in [0, 0.05) is 6.04 Å². The number of rotatable bonds is 2. The van der Waals surface area contributed by atoms with Crippen molar-refractivity contribution in [1.82, 2.24) is 5.32 Å². The summed E-state index contributed by atoms with van der Waals surface area (Å²) in [7, 11) is 0. The Hall–Kier alpha value is -0.570. The topological polar surface area (TPSA) is 55.1 Å². The van der Waals surface area contributed by atoms with E-state index in [0.29, 0.717) is 6.04 Å². The number of carbonyl (C=O) groups is 1. The van der Waals surface area contributed by atoms with Crippen LogP contribution in [0.25, 0.3) is 0 Å². The second-order valence-electron chi connectivity index (χ2n) is 6.31. The molecule has 1 amide bonds. The second kappa shape index (κ2) is 5.17. The summed E-state index contributed by atoms with van der Waals surface area (Å²) in [6.45, 7) is 8.28. The molecule has 3 N–H and O–H groups in total. The highest BCUT2D eigenvalue weighted by molar-refractivity contribution is 5.82. The number of nitrogens with one attached hydrogen (secondary N) is 1. The van der Waals surface area contributed by atoms with Crippen LogP contribution in [0.2, 0.25) is 0 Å². The molecule has 3 nitrogen and oxygen atoms in total. The summed E-state index contributed by atoms with van der Waals surface area (Å²) >= 11 is 0. The van der Waals surface area contributed by atoms with Crippen LogP contribution in [0.15, 0.2) is 0 Å². The minimum atomic E-state index is -0.410. The first kappa shape index (κ1) is 13.5. The van der Waals surface area contributed by atoms with E-state index >= 15 is 0 Å². The molecule has 3 heteroatoms. The molecule has 0 aromatic heterocycles. The van der Waals surface area contributed by atoms with Crippen molar-refractivity contribution in [1.29, 1.82) is 0 Å². The molecule has 0 aromatic carbocycles. The van der Waals surface area contributed by atoms with Gasteiger partial charge in [-0.1, -0.05) is 27.7 Å². The molecule has 1 fully saturated rings. The highest BCUT2D eigenvalue weighted by atomic mass is 16.2. The Morgan fingerprint density at radius 2 is 1.75 bits per heavy atom. The monoisotopic (exact) mass is 226 g/mol. The molecule has 1 aliphatic rings. The summed E-state index contributed by atoms with van der Waals surface area (Å²) in [4.78, 5) is 11.9. The number of nitrogens with two attached hydrogens (primary N) is 1. The fraction of sp³-hybridized carbons (Fsp3) is 0.923. The lowest BCUT2D eigenvalue weighted by atomic mass is 9.85. The third kappa shape index (κ3) is 3.78. The van der Waals surface area contributed by atoms with Crippen molar-refractivity contribution in [3.8, 4) is 0 Å². The number of hydrogen-bond donors (Lipinski definition) is 2. The first-order valence-corrected chi connectivity index (χ1v) is 6.36. The van der Waals surface area contributed by atoms with Gasteiger partial charge in [0.05, 0.1) is 6.04 Å². The molecule has 0 aliphatic heterocycles. The molecule has 0 radical (unpaired) electrons. The quantitative estimate of drug-likeness (QED) is 0.757. The van der Waals surface area contributed by atoms with Crippen LogP contribution < -0.4 is 11.1 Å². The molecule has 1 saturated carbocycles. The van der Waals surface area contributed by atoms with Crippen molar-refractivity contribution < 1.29 is 4.79 Å². The van der Waals surface area contributed by atoms with Crippen molar-refractivity contribution >= 4 is 5.91 Å². The first-order valence-electron chi connectivity index (χ1n) is 6.36. The Morgan fingerprint density at radius 1 is 1.25 bits per heavy atom. The largest absolute Gasteiger partial charge is 0.352 e. The highest BCUT2D eigenvalue weighted by Crippen LogP contribution is 2.24. The third-order valence-corrected chi connectivity index (χ3v) is 3.58. The smallest absolute Gasteiger partial charge is 0.237 e. The minimum Gasteiger partial charge on any atom is -0.352 e. The molecular weight excluding hydrogens is 200 g/mol. The number of hydrogen-bond acceptors (Lipinski definition) is 2. The summed E-state index contributed by atoms with van der Waals surface area (Å²) in [6.07, 6.45) is 4.64. The lowest BCUT2D eigenvalue weighted by Crippen LogP contribution is -2.51. The number of carbonyl (C=O) groups excluding carboxylic acids is 1. The molecule has 0 spiro atoms. The van der Waals surface area contributed by atoms with Gasteiger partial charge in [0.2, 0.25) is 5.91 Å². The SMILES string of the molecule is CC1CCC(NC(=O)[C@@H](N)C(C)(C)C)CC1. The minimum absolute atomic E-state index is 0.00653. The van der Waals surface area contributed by atoms with Gasteiger partial charge in [0.15, 0.2) is 0 Å². The molecule has 1 aliphatic carbocycles. The van der Waals surface area contributed by atoms with Gasteiger partial charge < -0.3 is 11.1 Å². The maximum Gasteiger partial charge on any atom is 0.237 e. The van der Waals surface area contributed by atoms with Crippen molar-refractivity contribution in [2.75, 3.05) is 0 Å². The molecule has 1 atom stereocenters. The van der Waals surface area contributed by atoms with E-state index in [9.17, 15) is 4.79 Å². The van der Waals surface area contributed by atoms with Gasteiger partial charge in [-0.3, -0.25) is 4.79 Å². The third-order valence-electron chi connectivity index (χ3n) is 3.58. The van der Waals surface area contributed by atoms with Crippen LogP contribution in [0, 0.1) is 11.3 Å². The van der Waals surface area contributed by atoms with Crippen LogP contribution in [-0.2, 0) is 4.79 Å². The van der Waals surface area contributed by atoms with Gasteiger partial charge in [0.1, 0.15) is 0 Å². The Labute approximate surface area is 99.2 Å². The molecule has 0 aromatic rings. The maximum absolute atomic E-state index is 11.9. The van der Waals surface area contributed by atoms with Crippen molar-refractivity contribution in [3.05, 3.63) is 0 Å². The average Bonchev–Trinajstić information content (AvgIpc) is 2.19. The summed E-state index contributed by atoms with van der Waals surface area (Å²) in [5.74, 6) is 0.816. The molecule has 0 saturated heterocycles. The van der Waals surface area contributed by atoms with Gasteiger partial charge in [-0.05, 0) is 37.0 Å². The zero-order chi connectivity index (χ0) is 12.3. The molecule has 0 bridgehead atoms. The second-order valence-corrected chi connectivity index (χ2v) is 6.31. The van der Waals surface area contributed by atoms with Crippen molar-refractivity contribution in [2.24, 2.45) is 17.1 Å². The Morgan fingerprint density at radius 3 is 2.19 bits per heavy atom. The van der Waals surface area contributed by atoms with Gasteiger partial charge in [-0.15, -0.1) is 0 Å². The highest BCUT2D eigenvalue weighted by Gasteiger charge is 2.29. The van der Waals surface area contributed by atoms with E-state index < -0.39 is 6.04 Å². The summed E-state index contributed by atoms with van der Waals surface area (Å²) in [6, 6.07) is -0.0658. The first-order chi connectivity index (χ1) is 7.30. The number of amides is 1. The zero-order valence-corrected chi connectivity index (χ0v) is 11.0. The van der Waals surface area contributed by atoms with E-state index in [-0.39, 0.29) is 11.3 Å². The predicted molar refractivity (Wildman–Crippen MR) is 67.0 cm³/mol. The zero-order valence-electron chi connectivity index (χ0n) is 11.0. The van der Waals surface area contributed by atoms with E-state index in [4.69, 9.17) is 5.73 Å². The Kier molecular flexibility index (Phi) is 4.36. The van der Waals surface area contributed by atoms with E-state index in [0.717, 1.165) is 18.8 Å². The van der Waals surface area contributed by atoms with E-state index in [2.05, 4.69) is 12.2 Å². The van der Waals surface area contributed by atoms with E-state index in [1.165, 1.54) is 12.8 Å². The maximum atomic E-state index is 11.9. The fourth-order valence-electron chi connectivity index (χ4n) is 2.09. The van der Waals surface area contributed by atoms with Gasteiger partial charge >= 0.3 is 0 Å². The molecule has 0 unspecified atom stereocenters. The molecule has 16 heavy (non-hydrogen) atoms. The van der Waals surface area contributed by atoms with E-state index in [1.807, 2.05) is 20.8 Å². The molecular formula is C13H26N2O. The van der Waals surface area contributed by atoms with Gasteiger partial charge in [0.25, 0.3) is 0 Å². The lowest BCUT2D eigenvalue weighted by molar-refractivity contribution is -0.125. The van der Waals surface area contributed by atoms with Gasteiger partial charge in [-0.2, -0.15) is 0 Å². The van der Waals surface area contributed by atoms with Gasteiger partial charge in [-0.25, -0.2) is 0 Å². The van der Waals surface area contributed by atoms with Crippen molar-refractivity contribution in [2.45, 2.75) is 65.5 Å². The Balaban J connectivity index is 2.40. The van der Waals surface area contributed by atoms with E-state index in [1.54, 1.807) is 0 Å². The Bertz CT molecular complexity index is 237. The summed E-state index contributed by atoms with van der Waals surface area (Å²) in [5, 5.41) is 3.08. The van der Waals surface area contributed by atoms with Crippen LogP contribution in [0.1, 0.15) is 53.4 Å². The average molecular weight is 226 g/mol. The predicted octanol–water partition coefficient (Wildman–Crippen LogP) is 2.05. The summed E-state index contributed by atoms with van der Waals surface area (Å²) in [5.41, 5.74) is 5.77. The van der Waals surface area contributed by atoms with Crippen LogP contribution in [0.5, 0.6) is 0 Å². The van der Waals surface area contributed by atoms with Crippen molar-refractivity contribution in [3.63, 3.8) is 0 Å². The lowest BCUT2D eigenvalue weighted by Gasteiger charge is -2.31. The standard InChI is InChI=1S/C13H26N2O/c1-9-5-7-10(8-6-9)15-12(16)11(14)13(2,3)4/h9-11H,5-8,14H2,1-4H3,(H,15,16)/t9?,10?,11-/m1/s1. The molecule has 94 valence electrons.